The molecule has 0 aliphatic carbocycles. The third kappa shape index (κ3) is 5.24. The van der Waals surface area contributed by atoms with Crippen molar-refractivity contribution in [2.45, 2.75) is 45.6 Å². The molecule has 33 heavy (non-hydrogen) atoms. The third-order valence-electron chi connectivity index (χ3n) is 5.69. The topological polar surface area (TPSA) is 88.9 Å². The van der Waals surface area contributed by atoms with Crippen molar-refractivity contribution in [1.29, 1.82) is 0 Å². The second kappa shape index (κ2) is 9.89. The van der Waals surface area contributed by atoms with Gasteiger partial charge in [0.1, 0.15) is 17.5 Å². The maximum Gasteiger partial charge on any atom is 0.254 e. The predicted molar refractivity (Wildman–Crippen MR) is 120 cm³/mol. The number of nitrogens with zero attached hydrogens (tertiary/aromatic N) is 3. The van der Waals surface area contributed by atoms with Crippen LogP contribution in [0.5, 0.6) is 0 Å². The number of halogens is 2. The summed E-state index contributed by atoms with van der Waals surface area (Å²) in [7, 11) is 0. The molecule has 0 saturated heterocycles. The molecule has 1 aromatic heterocycles. The molecular weight excluding hydrogens is 428 g/mol. The van der Waals surface area contributed by atoms with E-state index >= 15 is 0 Å². The molecule has 0 radical (unpaired) electrons. The number of hydrogen-bond donors (Lipinski definition) is 2. The molecule has 0 saturated carbocycles. The number of carbonyl (C=O) groups is 2. The van der Waals surface area contributed by atoms with E-state index in [9.17, 15) is 18.4 Å². The highest BCUT2D eigenvalue weighted by Crippen LogP contribution is 2.27. The predicted octanol–water partition coefficient (Wildman–Crippen LogP) is 4.02. The van der Waals surface area contributed by atoms with E-state index in [-0.39, 0.29) is 24.4 Å². The summed E-state index contributed by atoms with van der Waals surface area (Å²) in [6, 6.07) is 8.48. The Balaban J connectivity index is 1.38. The van der Waals surface area contributed by atoms with Gasteiger partial charge in [-0.2, -0.15) is 0 Å². The normalized spacial score (nSPS) is 13.2. The van der Waals surface area contributed by atoms with Gasteiger partial charge < -0.3 is 15.2 Å². The molecule has 172 valence electrons. The van der Waals surface area contributed by atoms with Crippen LogP contribution in [0.4, 0.5) is 14.5 Å². The first-order valence-electron chi connectivity index (χ1n) is 11.0. The molecule has 2 aromatic carbocycles. The molecular formula is C24H25F2N5O2. The van der Waals surface area contributed by atoms with Crippen LogP contribution in [0.3, 0.4) is 0 Å². The smallest absolute Gasteiger partial charge is 0.254 e. The molecule has 4 rings (SSSR count). The van der Waals surface area contributed by atoms with Gasteiger partial charge in [-0.05, 0) is 43.5 Å². The van der Waals surface area contributed by atoms with E-state index in [0.717, 1.165) is 60.7 Å². The monoisotopic (exact) mass is 453 g/mol. The Labute approximate surface area is 190 Å². The van der Waals surface area contributed by atoms with Gasteiger partial charge in [-0.3, -0.25) is 9.59 Å². The lowest BCUT2D eigenvalue weighted by molar-refractivity contribution is -0.116. The molecule has 1 aliphatic rings. The van der Waals surface area contributed by atoms with Crippen LogP contribution in [-0.4, -0.2) is 33.1 Å². The number of aromatic nitrogens is 3. The average molecular weight is 453 g/mol. The molecule has 0 bridgehead atoms. The number of rotatable bonds is 6. The summed E-state index contributed by atoms with van der Waals surface area (Å²) in [5.41, 5.74) is 2.14. The van der Waals surface area contributed by atoms with Gasteiger partial charge in [-0.1, -0.05) is 18.6 Å². The highest BCUT2D eigenvalue weighted by Gasteiger charge is 2.17. The van der Waals surface area contributed by atoms with Gasteiger partial charge >= 0.3 is 0 Å². The van der Waals surface area contributed by atoms with Crippen LogP contribution in [0.15, 0.2) is 36.4 Å². The lowest BCUT2D eigenvalue weighted by Crippen LogP contribution is -2.28. The van der Waals surface area contributed by atoms with Gasteiger partial charge in [-0.25, -0.2) is 8.78 Å². The second-order valence-electron chi connectivity index (χ2n) is 8.11. The Bertz CT molecular complexity index is 1190. The Morgan fingerprint density at radius 2 is 1.91 bits per heavy atom. The minimum absolute atomic E-state index is 0.00144. The molecule has 3 aromatic rings. The van der Waals surface area contributed by atoms with Crippen molar-refractivity contribution in [2.24, 2.45) is 0 Å². The fourth-order valence-electron chi connectivity index (χ4n) is 3.87. The summed E-state index contributed by atoms with van der Waals surface area (Å²) in [4.78, 5) is 24.5. The standard InChI is InChI=1S/C24H25F2N5O2/c1-15-6-7-16(23-30-29-21-5-3-2-4-12-31(21)23)13-20(15)28-22(32)10-11-27-24(33)18-9-8-17(25)14-19(18)26/h6-9,13-14H,2-5,10-12H2,1H3,(H,27,33)(H,28,32). The second-order valence-corrected chi connectivity index (χ2v) is 8.11. The highest BCUT2D eigenvalue weighted by molar-refractivity contribution is 5.95. The summed E-state index contributed by atoms with van der Waals surface area (Å²) >= 11 is 0. The summed E-state index contributed by atoms with van der Waals surface area (Å²) < 4.78 is 28.9. The summed E-state index contributed by atoms with van der Waals surface area (Å²) in [6.45, 7) is 2.78. The number of nitrogens with one attached hydrogen (secondary N) is 2. The van der Waals surface area contributed by atoms with Crippen LogP contribution in [-0.2, 0) is 17.8 Å². The lowest BCUT2D eigenvalue weighted by atomic mass is 10.1. The van der Waals surface area contributed by atoms with Gasteiger partial charge in [0.25, 0.3) is 5.91 Å². The van der Waals surface area contributed by atoms with E-state index in [0.29, 0.717) is 11.8 Å². The van der Waals surface area contributed by atoms with Crippen LogP contribution in [0.25, 0.3) is 11.4 Å². The third-order valence-corrected chi connectivity index (χ3v) is 5.69. The van der Waals surface area contributed by atoms with Crippen molar-refractivity contribution in [3.05, 3.63) is 65.0 Å². The van der Waals surface area contributed by atoms with Crippen LogP contribution in [0.2, 0.25) is 0 Å². The van der Waals surface area contributed by atoms with Gasteiger partial charge in [0.05, 0.1) is 5.56 Å². The number of hydrogen-bond acceptors (Lipinski definition) is 4. The number of aryl methyl sites for hydroxylation is 2. The van der Waals surface area contributed by atoms with E-state index in [1.807, 2.05) is 25.1 Å². The van der Waals surface area contributed by atoms with Crippen molar-refractivity contribution in [3.63, 3.8) is 0 Å². The molecule has 0 atom stereocenters. The molecule has 9 heteroatoms. The van der Waals surface area contributed by atoms with E-state index in [4.69, 9.17) is 0 Å². The van der Waals surface area contributed by atoms with Crippen molar-refractivity contribution in [1.82, 2.24) is 20.1 Å². The first-order valence-corrected chi connectivity index (χ1v) is 11.0. The van der Waals surface area contributed by atoms with Crippen LogP contribution < -0.4 is 10.6 Å². The van der Waals surface area contributed by atoms with Crippen LogP contribution in [0.1, 0.15) is 47.4 Å². The molecule has 0 spiro atoms. The van der Waals surface area contributed by atoms with Crippen molar-refractivity contribution >= 4 is 17.5 Å². The maximum absolute atomic E-state index is 13.7. The molecule has 2 amide bonds. The van der Waals surface area contributed by atoms with E-state index in [1.54, 1.807) is 0 Å². The Hall–Kier alpha value is -3.62. The maximum atomic E-state index is 13.7. The van der Waals surface area contributed by atoms with Crippen molar-refractivity contribution in [2.75, 3.05) is 11.9 Å². The number of benzene rings is 2. The van der Waals surface area contributed by atoms with E-state index in [2.05, 4.69) is 25.4 Å². The number of fused-ring (bicyclic) bond motifs is 1. The summed E-state index contributed by atoms with van der Waals surface area (Å²) in [5.74, 6) is -0.932. The van der Waals surface area contributed by atoms with E-state index < -0.39 is 17.5 Å². The van der Waals surface area contributed by atoms with Gasteiger partial charge in [0.15, 0.2) is 5.82 Å². The van der Waals surface area contributed by atoms with Gasteiger partial charge in [0, 0.05) is 43.2 Å². The zero-order chi connectivity index (χ0) is 23.4. The molecule has 0 fully saturated rings. The Morgan fingerprint density at radius 3 is 2.73 bits per heavy atom. The first kappa shape index (κ1) is 22.6. The number of carbonyl (C=O) groups excluding carboxylic acids is 2. The quantitative estimate of drug-likeness (QED) is 0.590. The zero-order valence-corrected chi connectivity index (χ0v) is 18.3. The molecule has 7 nitrogen and oxygen atoms in total. The van der Waals surface area contributed by atoms with Crippen molar-refractivity contribution in [3.8, 4) is 11.4 Å². The van der Waals surface area contributed by atoms with Crippen LogP contribution >= 0.6 is 0 Å². The lowest BCUT2D eigenvalue weighted by Gasteiger charge is -2.12. The fraction of sp³-hybridized carbons (Fsp3) is 0.333. The molecule has 1 aliphatic heterocycles. The largest absolute Gasteiger partial charge is 0.351 e. The summed E-state index contributed by atoms with van der Waals surface area (Å²) in [6.07, 6.45) is 4.27. The minimum Gasteiger partial charge on any atom is -0.351 e. The highest BCUT2D eigenvalue weighted by atomic mass is 19.1. The number of anilines is 1. The zero-order valence-electron chi connectivity index (χ0n) is 18.3. The molecule has 2 N–H and O–H groups in total. The minimum atomic E-state index is -0.948. The summed E-state index contributed by atoms with van der Waals surface area (Å²) in [5, 5.41) is 14.1. The fourth-order valence-corrected chi connectivity index (χ4v) is 3.87. The number of amides is 2. The Kier molecular flexibility index (Phi) is 6.76. The SMILES string of the molecule is Cc1ccc(-c2nnc3n2CCCCC3)cc1NC(=O)CCNC(=O)c1ccc(F)cc1F. The molecule has 2 heterocycles. The van der Waals surface area contributed by atoms with Crippen molar-refractivity contribution < 1.29 is 18.4 Å². The van der Waals surface area contributed by atoms with E-state index in [1.165, 1.54) is 6.42 Å². The average Bonchev–Trinajstić information content (AvgIpc) is 3.03. The molecule has 0 unspecified atom stereocenters. The van der Waals surface area contributed by atoms with Gasteiger partial charge in [-0.15, -0.1) is 10.2 Å². The van der Waals surface area contributed by atoms with Gasteiger partial charge in [0.2, 0.25) is 5.91 Å². The van der Waals surface area contributed by atoms with Crippen LogP contribution in [0, 0.1) is 18.6 Å². The Morgan fingerprint density at radius 1 is 1.06 bits per heavy atom. The first-order chi connectivity index (χ1) is 15.9.